The van der Waals surface area contributed by atoms with Gasteiger partial charge in [-0.15, -0.1) is 0 Å². The van der Waals surface area contributed by atoms with E-state index < -0.39 is 0 Å². The molecule has 2 unspecified atom stereocenters. The minimum absolute atomic E-state index is 0.00895. The van der Waals surface area contributed by atoms with Crippen LogP contribution < -0.4 is 21.5 Å². The molecule has 0 saturated carbocycles. The largest absolute Gasteiger partial charge is 0.352 e. The van der Waals surface area contributed by atoms with Crippen molar-refractivity contribution < 1.29 is 9.59 Å². The summed E-state index contributed by atoms with van der Waals surface area (Å²) in [6.45, 7) is 4.32. The average Bonchev–Trinajstić information content (AvgIpc) is 2.94. The summed E-state index contributed by atoms with van der Waals surface area (Å²) < 4.78 is 0. The molecule has 4 N–H and O–H groups in total. The summed E-state index contributed by atoms with van der Waals surface area (Å²) in [6.07, 6.45) is 0. The van der Waals surface area contributed by atoms with E-state index in [2.05, 4.69) is 21.5 Å². The molecule has 6 heteroatoms. The fourth-order valence-corrected chi connectivity index (χ4v) is 2.39. The second-order valence-corrected chi connectivity index (χ2v) is 5.46. The summed E-state index contributed by atoms with van der Waals surface area (Å²) in [5.74, 6) is -0.534. The minimum Gasteiger partial charge on any atom is -0.352 e. The number of rotatable bonds is 5. The molecule has 1 aliphatic heterocycles. The summed E-state index contributed by atoms with van der Waals surface area (Å²) in [5, 5.41) is 5.45. The molecule has 0 bridgehead atoms. The highest BCUT2D eigenvalue weighted by Crippen LogP contribution is 2.24. The molecule has 0 spiro atoms. The van der Waals surface area contributed by atoms with Crippen molar-refractivity contribution in [2.75, 3.05) is 13.1 Å². The molecule has 6 nitrogen and oxygen atoms in total. The molecule has 21 heavy (non-hydrogen) atoms. The van der Waals surface area contributed by atoms with Crippen molar-refractivity contribution in [2.45, 2.75) is 25.9 Å². The zero-order valence-electron chi connectivity index (χ0n) is 12.3. The number of carbonyl (C=O) groups is 2. The van der Waals surface area contributed by atoms with Gasteiger partial charge in [-0.1, -0.05) is 30.3 Å². The Hall–Kier alpha value is -1.92. The zero-order valence-corrected chi connectivity index (χ0v) is 12.3. The number of hydrogen-bond donors (Lipinski definition) is 4. The summed E-state index contributed by atoms with van der Waals surface area (Å²) >= 11 is 0. The molecule has 2 atom stereocenters. The lowest BCUT2D eigenvalue weighted by atomic mass is 9.94. The van der Waals surface area contributed by atoms with E-state index in [4.69, 9.17) is 0 Å². The van der Waals surface area contributed by atoms with Gasteiger partial charge in [-0.05, 0) is 19.4 Å². The van der Waals surface area contributed by atoms with Gasteiger partial charge in [-0.2, -0.15) is 0 Å². The predicted molar refractivity (Wildman–Crippen MR) is 80.1 cm³/mol. The van der Waals surface area contributed by atoms with Crippen LogP contribution in [-0.2, 0) is 9.59 Å². The van der Waals surface area contributed by atoms with Crippen LogP contribution in [0.15, 0.2) is 30.3 Å². The van der Waals surface area contributed by atoms with Crippen LogP contribution in [0.1, 0.15) is 25.5 Å². The summed E-state index contributed by atoms with van der Waals surface area (Å²) in [4.78, 5) is 23.8. The van der Waals surface area contributed by atoms with Crippen LogP contribution in [0.4, 0.5) is 0 Å². The fourth-order valence-electron chi connectivity index (χ4n) is 2.39. The van der Waals surface area contributed by atoms with E-state index in [9.17, 15) is 9.59 Å². The average molecular weight is 290 g/mol. The van der Waals surface area contributed by atoms with E-state index in [0.29, 0.717) is 6.54 Å². The van der Waals surface area contributed by atoms with Gasteiger partial charge in [0.15, 0.2) is 0 Å². The molecule has 2 amide bonds. The van der Waals surface area contributed by atoms with Crippen molar-refractivity contribution in [1.82, 2.24) is 21.5 Å². The van der Waals surface area contributed by atoms with Crippen molar-refractivity contribution in [3.8, 4) is 0 Å². The van der Waals surface area contributed by atoms with Gasteiger partial charge in [0.05, 0.1) is 18.5 Å². The third-order valence-electron chi connectivity index (χ3n) is 3.35. The maximum Gasteiger partial charge on any atom is 0.239 e. The quantitative estimate of drug-likeness (QED) is 0.619. The Labute approximate surface area is 124 Å². The topological polar surface area (TPSA) is 82.3 Å². The summed E-state index contributed by atoms with van der Waals surface area (Å²) in [7, 11) is 0. The molecule has 0 aliphatic carbocycles. The number of hydrogen-bond acceptors (Lipinski definition) is 4. The summed E-state index contributed by atoms with van der Waals surface area (Å²) in [6, 6.07) is 9.78. The van der Waals surface area contributed by atoms with Crippen LogP contribution in [0.5, 0.6) is 0 Å². The highest BCUT2D eigenvalue weighted by molar-refractivity contribution is 5.86. The molecule has 1 fully saturated rings. The van der Waals surface area contributed by atoms with Gasteiger partial charge in [0, 0.05) is 12.6 Å². The standard InChI is InChI=1S/C15H22N4O2/c1-10(2)18-13(20)9-16-15(21)12-8-17-19-14(12)11-6-4-3-5-7-11/h3-7,10,12,14,17,19H,8-9H2,1-2H3,(H,16,21)(H,18,20). The Morgan fingerprint density at radius 3 is 2.67 bits per heavy atom. The highest BCUT2D eigenvalue weighted by atomic mass is 16.2. The third-order valence-corrected chi connectivity index (χ3v) is 3.35. The lowest BCUT2D eigenvalue weighted by Gasteiger charge is -2.18. The summed E-state index contributed by atoms with van der Waals surface area (Å²) in [5.41, 5.74) is 7.17. The van der Waals surface area contributed by atoms with E-state index >= 15 is 0 Å². The molecule has 1 saturated heterocycles. The Morgan fingerprint density at radius 1 is 1.29 bits per heavy atom. The molecule has 0 radical (unpaired) electrons. The van der Waals surface area contributed by atoms with E-state index in [1.807, 2.05) is 44.2 Å². The van der Waals surface area contributed by atoms with Crippen LogP contribution in [0.2, 0.25) is 0 Å². The fraction of sp³-hybridized carbons (Fsp3) is 0.467. The first-order chi connectivity index (χ1) is 10.1. The number of benzene rings is 1. The highest BCUT2D eigenvalue weighted by Gasteiger charge is 2.33. The lowest BCUT2D eigenvalue weighted by Crippen LogP contribution is -2.43. The Bertz CT molecular complexity index is 490. The van der Waals surface area contributed by atoms with Crippen molar-refractivity contribution in [3.63, 3.8) is 0 Å². The SMILES string of the molecule is CC(C)NC(=O)CNC(=O)C1CNNC1c1ccccc1. The molecule has 1 aromatic carbocycles. The van der Waals surface area contributed by atoms with Crippen molar-refractivity contribution in [2.24, 2.45) is 5.92 Å². The molecule has 1 heterocycles. The van der Waals surface area contributed by atoms with Gasteiger partial charge < -0.3 is 10.6 Å². The second-order valence-electron chi connectivity index (χ2n) is 5.46. The monoisotopic (exact) mass is 290 g/mol. The van der Waals surface area contributed by atoms with Gasteiger partial charge >= 0.3 is 0 Å². The number of hydrazine groups is 1. The predicted octanol–water partition coefficient (Wildman–Crippen LogP) is 0.0925. The van der Waals surface area contributed by atoms with Gasteiger partial charge in [0.1, 0.15) is 0 Å². The molecule has 1 aliphatic rings. The zero-order chi connectivity index (χ0) is 15.2. The molecule has 2 rings (SSSR count). The van der Waals surface area contributed by atoms with Crippen LogP contribution in [0, 0.1) is 5.92 Å². The molecule has 1 aromatic rings. The van der Waals surface area contributed by atoms with Gasteiger partial charge in [0.25, 0.3) is 0 Å². The van der Waals surface area contributed by atoms with E-state index in [0.717, 1.165) is 5.56 Å². The maximum absolute atomic E-state index is 12.2. The van der Waals surface area contributed by atoms with Crippen LogP contribution in [-0.4, -0.2) is 30.9 Å². The first-order valence-corrected chi connectivity index (χ1v) is 7.18. The van der Waals surface area contributed by atoms with E-state index in [1.54, 1.807) is 0 Å². The maximum atomic E-state index is 12.2. The van der Waals surface area contributed by atoms with Gasteiger partial charge in [0.2, 0.25) is 11.8 Å². The Balaban J connectivity index is 1.91. The van der Waals surface area contributed by atoms with Crippen LogP contribution in [0.25, 0.3) is 0 Å². The molecular weight excluding hydrogens is 268 g/mol. The normalized spacial score (nSPS) is 21.3. The second kappa shape index (κ2) is 7.19. The molecule has 0 aromatic heterocycles. The Kier molecular flexibility index (Phi) is 5.30. The van der Waals surface area contributed by atoms with Crippen molar-refractivity contribution in [3.05, 3.63) is 35.9 Å². The van der Waals surface area contributed by atoms with Crippen LogP contribution in [0.3, 0.4) is 0 Å². The van der Waals surface area contributed by atoms with Gasteiger partial charge in [-0.25, -0.2) is 5.43 Å². The lowest BCUT2D eigenvalue weighted by molar-refractivity contribution is -0.128. The smallest absolute Gasteiger partial charge is 0.239 e. The van der Waals surface area contributed by atoms with Gasteiger partial charge in [-0.3, -0.25) is 15.0 Å². The number of carbonyl (C=O) groups excluding carboxylic acids is 2. The molecule has 114 valence electrons. The Morgan fingerprint density at radius 2 is 2.00 bits per heavy atom. The van der Waals surface area contributed by atoms with Crippen molar-refractivity contribution >= 4 is 11.8 Å². The van der Waals surface area contributed by atoms with E-state index in [1.165, 1.54) is 0 Å². The number of amides is 2. The van der Waals surface area contributed by atoms with E-state index in [-0.39, 0.29) is 36.4 Å². The third kappa shape index (κ3) is 4.27. The van der Waals surface area contributed by atoms with Crippen molar-refractivity contribution in [1.29, 1.82) is 0 Å². The molecular formula is C15H22N4O2. The number of nitrogens with one attached hydrogen (secondary N) is 4. The van der Waals surface area contributed by atoms with Crippen LogP contribution >= 0.6 is 0 Å². The minimum atomic E-state index is -0.237. The first-order valence-electron chi connectivity index (χ1n) is 7.18. The first kappa shape index (κ1) is 15.5.